The van der Waals surface area contributed by atoms with Crippen LogP contribution in [0.15, 0.2) is 0 Å². The van der Waals surface area contributed by atoms with Crippen molar-refractivity contribution in [2.24, 2.45) is 0 Å². The van der Waals surface area contributed by atoms with Crippen LogP contribution in [0.4, 0.5) is 0 Å². The highest BCUT2D eigenvalue weighted by Crippen LogP contribution is 2.36. The van der Waals surface area contributed by atoms with E-state index in [0.29, 0.717) is 13.0 Å². The normalized spacial score (nSPS) is 24.6. The summed E-state index contributed by atoms with van der Waals surface area (Å²) >= 11 is 0. The van der Waals surface area contributed by atoms with Gasteiger partial charge in [-0.15, -0.1) is 0 Å². The highest BCUT2D eigenvalue weighted by atomic mass is 28.4. The molecule has 5 heteroatoms. The molecular formula is C14H28O4Si. The Balaban J connectivity index is 2.47. The van der Waals surface area contributed by atoms with Crippen LogP contribution < -0.4 is 0 Å². The molecule has 1 saturated heterocycles. The zero-order valence-corrected chi connectivity index (χ0v) is 14.3. The molecule has 19 heavy (non-hydrogen) atoms. The maximum absolute atomic E-state index is 11.7. The standard InChI is InChI=1S/C14H28O4Si/c1-13(2,3)19(6,7)17-9-8-12-11(15)10-16-14(4,5)18-12/h12H,8-10H2,1-7H3/t12-/m0/s1. The van der Waals surface area contributed by atoms with Gasteiger partial charge in [-0.2, -0.15) is 0 Å². The number of ether oxygens (including phenoxy) is 2. The van der Waals surface area contributed by atoms with Gasteiger partial charge < -0.3 is 13.9 Å². The van der Waals surface area contributed by atoms with Gasteiger partial charge in [-0.1, -0.05) is 20.8 Å². The molecule has 0 bridgehead atoms. The minimum Gasteiger partial charge on any atom is -0.417 e. The van der Waals surface area contributed by atoms with Gasteiger partial charge in [-0.3, -0.25) is 4.79 Å². The molecule has 1 aliphatic rings. The number of Topliss-reactive ketones (excluding diaryl/α,β-unsaturated/α-hetero) is 1. The Hall–Kier alpha value is -0.233. The quantitative estimate of drug-likeness (QED) is 0.746. The third-order valence-electron chi connectivity index (χ3n) is 4.00. The van der Waals surface area contributed by atoms with Gasteiger partial charge in [0.05, 0.1) is 0 Å². The predicted octanol–water partition coefficient (Wildman–Crippen LogP) is 3.12. The van der Waals surface area contributed by atoms with E-state index >= 15 is 0 Å². The van der Waals surface area contributed by atoms with Crippen molar-refractivity contribution >= 4 is 14.1 Å². The second-order valence-electron chi connectivity index (χ2n) is 7.16. The largest absolute Gasteiger partial charge is 0.417 e. The lowest BCUT2D eigenvalue weighted by atomic mass is 10.1. The molecular weight excluding hydrogens is 260 g/mol. The third-order valence-corrected chi connectivity index (χ3v) is 8.53. The molecule has 112 valence electrons. The van der Waals surface area contributed by atoms with E-state index in [2.05, 4.69) is 33.9 Å². The van der Waals surface area contributed by atoms with Gasteiger partial charge in [0.2, 0.25) is 0 Å². The maximum Gasteiger partial charge on any atom is 0.191 e. The minimum absolute atomic E-state index is 0.0122. The van der Waals surface area contributed by atoms with Crippen molar-refractivity contribution in [2.45, 2.75) is 71.1 Å². The summed E-state index contributed by atoms with van der Waals surface area (Å²) in [4.78, 5) is 11.7. The number of carbonyl (C=O) groups excluding carboxylic acids is 1. The molecule has 0 aromatic rings. The molecule has 1 rings (SSSR count). The van der Waals surface area contributed by atoms with E-state index < -0.39 is 20.2 Å². The van der Waals surface area contributed by atoms with Crippen molar-refractivity contribution < 1.29 is 18.7 Å². The molecule has 0 amide bonds. The predicted molar refractivity (Wildman–Crippen MR) is 77.7 cm³/mol. The van der Waals surface area contributed by atoms with Crippen LogP contribution in [0.25, 0.3) is 0 Å². The Morgan fingerprint density at radius 3 is 2.47 bits per heavy atom. The van der Waals surface area contributed by atoms with Gasteiger partial charge in [0.25, 0.3) is 0 Å². The Morgan fingerprint density at radius 1 is 1.37 bits per heavy atom. The molecule has 0 spiro atoms. The van der Waals surface area contributed by atoms with E-state index in [0.717, 1.165) is 0 Å². The van der Waals surface area contributed by atoms with Crippen LogP contribution in [-0.2, 0) is 18.7 Å². The lowest BCUT2D eigenvalue weighted by molar-refractivity contribution is -0.259. The van der Waals surface area contributed by atoms with Crippen molar-refractivity contribution in [3.8, 4) is 0 Å². The number of ketones is 1. The summed E-state index contributed by atoms with van der Waals surface area (Å²) < 4.78 is 17.0. The van der Waals surface area contributed by atoms with E-state index in [9.17, 15) is 4.79 Å². The smallest absolute Gasteiger partial charge is 0.191 e. The molecule has 1 atom stereocenters. The summed E-state index contributed by atoms with van der Waals surface area (Å²) in [7, 11) is -1.75. The Morgan fingerprint density at radius 2 is 1.95 bits per heavy atom. The van der Waals surface area contributed by atoms with Gasteiger partial charge in [-0.25, -0.2) is 0 Å². The Kier molecular flexibility index (Phi) is 4.99. The SMILES string of the molecule is CC1(C)OCC(=O)[C@H](CCO[Si](C)(C)C(C)(C)C)O1. The third kappa shape index (κ3) is 4.67. The Bertz CT molecular complexity index is 331. The highest BCUT2D eigenvalue weighted by Gasteiger charge is 2.38. The van der Waals surface area contributed by atoms with Gasteiger partial charge in [0.15, 0.2) is 19.9 Å². The average Bonchev–Trinajstić information content (AvgIpc) is 2.21. The van der Waals surface area contributed by atoms with E-state index in [4.69, 9.17) is 13.9 Å². The van der Waals surface area contributed by atoms with Gasteiger partial charge >= 0.3 is 0 Å². The fourth-order valence-corrected chi connectivity index (χ4v) is 2.70. The highest BCUT2D eigenvalue weighted by molar-refractivity contribution is 6.74. The molecule has 0 aromatic carbocycles. The minimum atomic E-state index is -1.75. The first kappa shape index (κ1) is 16.8. The topological polar surface area (TPSA) is 44.8 Å². The van der Waals surface area contributed by atoms with Crippen LogP contribution in [0.5, 0.6) is 0 Å². The van der Waals surface area contributed by atoms with E-state index in [1.54, 1.807) is 0 Å². The van der Waals surface area contributed by atoms with Gasteiger partial charge in [-0.05, 0) is 32.0 Å². The van der Waals surface area contributed by atoms with Crippen LogP contribution in [0.1, 0.15) is 41.0 Å². The second-order valence-corrected chi connectivity index (χ2v) is 12.0. The first-order chi connectivity index (χ1) is 8.45. The number of carbonyl (C=O) groups is 1. The average molecular weight is 288 g/mol. The van der Waals surface area contributed by atoms with Crippen LogP contribution in [0, 0.1) is 0 Å². The molecule has 0 aromatic heterocycles. The molecule has 0 aliphatic carbocycles. The van der Waals surface area contributed by atoms with Gasteiger partial charge in [0, 0.05) is 13.0 Å². The molecule has 0 unspecified atom stereocenters. The van der Waals surface area contributed by atoms with Gasteiger partial charge in [0.1, 0.15) is 12.7 Å². The molecule has 0 saturated carbocycles. The second kappa shape index (κ2) is 5.64. The van der Waals surface area contributed by atoms with Crippen LogP contribution >= 0.6 is 0 Å². The zero-order chi connectivity index (χ0) is 14.9. The fraction of sp³-hybridized carbons (Fsp3) is 0.929. The first-order valence-electron chi connectivity index (χ1n) is 6.93. The molecule has 0 N–H and O–H groups in total. The van der Waals surface area contributed by atoms with Crippen molar-refractivity contribution in [3.63, 3.8) is 0 Å². The molecule has 1 heterocycles. The van der Waals surface area contributed by atoms with Crippen molar-refractivity contribution in [2.75, 3.05) is 13.2 Å². The van der Waals surface area contributed by atoms with E-state index in [1.807, 2.05) is 13.8 Å². The van der Waals surface area contributed by atoms with Crippen molar-refractivity contribution in [3.05, 3.63) is 0 Å². The van der Waals surface area contributed by atoms with Crippen LogP contribution in [-0.4, -0.2) is 39.2 Å². The Labute approximate surface area is 117 Å². The van der Waals surface area contributed by atoms with Crippen molar-refractivity contribution in [1.29, 1.82) is 0 Å². The molecule has 1 aliphatic heterocycles. The molecule has 4 nitrogen and oxygen atoms in total. The fourth-order valence-electron chi connectivity index (χ4n) is 1.64. The lowest BCUT2D eigenvalue weighted by Crippen LogP contribution is -2.47. The van der Waals surface area contributed by atoms with Crippen molar-refractivity contribution in [1.82, 2.24) is 0 Å². The maximum atomic E-state index is 11.7. The molecule has 1 fully saturated rings. The van der Waals surface area contributed by atoms with E-state index in [-0.39, 0.29) is 17.4 Å². The lowest BCUT2D eigenvalue weighted by Gasteiger charge is -2.38. The monoisotopic (exact) mass is 288 g/mol. The summed E-state index contributed by atoms with van der Waals surface area (Å²) in [5, 5.41) is 0.187. The zero-order valence-electron chi connectivity index (χ0n) is 13.3. The number of hydrogen-bond donors (Lipinski definition) is 0. The first-order valence-corrected chi connectivity index (χ1v) is 9.84. The number of rotatable bonds is 4. The summed E-state index contributed by atoms with van der Waals surface area (Å²) in [6, 6.07) is 0. The van der Waals surface area contributed by atoms with E-state index in [1.165, 1.54) is 0 Å². The van der Waals surface area contributed by atoms with Crippen LogP contribution in [0.3, 0.4) is 0 Å². The summed E-state index contributed by atoms with van der Waals surface area (Å²) in [5.74, 6) is -0.659. The summed E-state index contributed by atoms with van der Waals surface area (Å²) in [5.41, 5.74) is 0. The molecule has 0 radical (unpaired) electrons. The van der Waals surface area contributed by atoms with Crippen LogP contribution in [0.2, 0.25) is 18.1 Å². The summed E-state index contributed by atoms with van der Waals surface area (Å²) in [6.07, 6.45) is 0.214. The summed E-state index contributed by atoms with van der Waals surface area (Å²) in [6.45, 7) is 15.4. The number of hydrogen-bond acceptors (Lipinski definition) is 4.